The lowest BCUT2D eigenvalue weighted by Crippen LogP contribution is -2.29. The Morgan fingerprint density at radius 2 is 1.65 bits per heavy atom. The molecule has 1 unspecified atom stereocenters. The number of hydrogen-bond acceptors (Lipinski definition) is 4. The first-order valence-corrected chi connectivity index (χ1v) is 12.8. The minimum atomic E-state index is -4.00. The van der Waals surface area contributed by atoms with Crippen molar-refractivity contribution in [3.63, 3.8) is 0 Å². The van der Waals surface area contributed by atoms with Crippen molar-refractivity contribution in [2.45, 2.75) is 38.1 Å². The van der Waals surface area contributed by atoms with Crippen LogP contribution in [0, 0.1) is 12.8 Å². The number of benzene rings is 3. The largest absolute Gasteiger partial charge is 0.497 e. The second kappa shape index (κ2) is 10.9. The minimum absolute atomic E-state index is 0.0325. The maximum absolute atomic E-state index is 13.1. The molecule has 0 aromatic heterocycles. The van der Waals surface area contributed by atoms with Gasteiger partial charge < -0.3 is 10.1 Å². The average molecular weight is 501 g/mol. The maximum Gasteiger partial charge on any atom is 0.263 e. The van der Waals surface area contributed by atoms with Crippen LogP contribution in [0.3, 0.4) is 0 Å². The number of nitrogens with one attached hydrogen (secondary N) is 2. The van der Waals surface area contributed by atoms with Crippen molar-refractivity contribution in [1.29, 1.82) is 0 Å². The van der Waals surface area contributed by atoms with Crippen molar-refractivity contribution in [2.75, 3.05) is 11.8 Å². The van der Waals surface area contributed by atoms with E-state index in [1.54, 1.807) is 31.4 Å². The molecule has 0 saturated carbocycles. The van der Waals surface area contributed by atoms with Gasteiger partial charge >= 0.3 is 0 Å². The molecule has 0 heterocycles. The number of anilines is 1. The standard InChI is InChI=1S/C26H29ClN2O4S/c1-17(2)15-24(19-7-12-22(33-4)13-8-19)28-26(30)20-9-14-23(27)25(16-20)34(31,32)29-21-10-5-18(3)6-11-21/h5-14,16-17,24,29H,15H2,1-4H3,(H,28,30). The minimum Gasteiger partial charge on any atom is -0.497 e. The highest BCUT2D eigenvalue weighted by Gasteiger charge is 2.22. The topological polar surface area (TPSA) is 84.5 Å². The number of ether oxygens (including phenoxy) is 1. The molecule has 8 heteroatoms. The lowest BCUT2D eigenvalue weighted by atomic mass is 9.96. The van der Waals surface area contributed by atoms with Gasteiger partial charge in [-0.15, -0.1) is 0 Å². The number of sulfonamides is 1. The molecule has 0 aliphatic heterocycles. The first-order chi connectivity index (χ1) is 16.1. The van der Waals surface area contributed by atoms with Gasteiger partial charge in [0.05, 0.1) is 18.2 Å². The Kier molecular flexibility index (Phi) is 8.23. The molecule has 0 aliphatic rings. The van der Waals surface area contributed by atoms with Crippen LogP contribution in [-0.2, 0) is 10.0 Å². The first-order valence-electron chi connectivity index (χ1n) is 10.9. The predicted molar refractivity (Wildman–Crippen MR) is 136 cm³/mol. The van der Waals surface area contributed by atoms with Gasteiger partial charge in [0, 0.05) is 11.3 Å². The molecule has 2 N–H and O–H groups in total. The van der Waals surface area contributed by atoms with E-state index in [4.69, 9.17) is 16.3 Å². The van der Waals surface area contributed by atoms with Gasteiger partial charge in [-0.1, -0.05) is 55.3 Å². The van der Waals surface area contributed by atoms with Gasteiger partial charge in [-0.3, -0.25) is 9.52 Å². The Morgan fingerprint density at radius 1 is 1.00 bits per heavy atom. The molecule has 0 fully saturated rings. The van der Waals surface area contributed by atoms with Crippen LogP contribution in [0.15, 0.2) is 71.6 Å². The summed E-state index contributed by atoms with van der Waals surface area (Å²) >= 11 is 6.21. The van der Waals surface area contributed by atoms with Crippen LogP contribution in [0.2, 0.25) is 5.02 Å². The van der Waals surface area contributed by atoms with E-state index in [1.165, 1.54) is 18.2 Å². The Hall–Kier alpha value is -3.03. The van der Waals surface area contributed by atoms with Crippen LogP contribution in [0.5, 0.6) is 5.75 Å². The van der Waals surface area contributed by atoms with Crippen molar-refractivity contribution < 1.29 is 17.9 Å². The molecule has 0 saturated heterocycles. The molecule has 0 aliphatic carbocycles. The molecule has 1 amide bonds. The molecule has 3 aromatic carbocycles. The van der Waals surface area contributed by atoms with Gasteiger partial charge in [-0.2, -0.15) is 0 Å². The van der Waals surface area contributed by atoms with Gasteiger partial charge in [0.15, 0.2) is 0 Å². The second-order valence-corrected chi connectivity index (χ2v) is 10.6. The molecular formula is C26H29ClN2O4S. The molecule has 34 heavy (non-hydrogen) atoms. The zero-order valence-corrected chi connectivity index (χ0v) is 21.2. The molecule has 3 rings (SSSR count). The van der Waals surface area contributed by atoms with E-state index in [-0.39, 0.29) is 27.4 Å². The fraction of sp³-hybridized carbons (Fsp3) is 0.269. The quantitative estimate of drug-likeness (QED) is 0.378. The van der Waals surface area contributed by atoms with Crippen LogP contribution in [-0.4, -0.2) is 21.4 Å². The Morgan fingerprint density at radius 3 is 2.24 bits per heavy atom. The Labute approximate surface area is 206 Å². The smallest absolute Gasteiger partial charge is 0.263 e. The molecule has 3 aromatic rings. The maximum atomic E-state index is 13.1. The van der Waals surface area contributed by atoms with Crippen molar-refractivity contribution in [3.05, 3.63) is 88.4 Å². The second-order valence-electron chi connectivity index (χ2n) is 8.55. The summed E-state index contributed by atoms with van der Waals surface area (Å²) in [4.78, 5) is 13.0. The number of hydrogen-bond donors (Lipinski definition) is 2. The average Bonchev–Trinajstić information content (AvgIpc) is 2.80. The van der Waals surface area contributed by atoms with Crippen molar-refractivity contribution in [2.24, 2.45) is 5.92 Å². The summed E-state index contributed by atoms with van der Waals surface area (Å²) in [5, 5.41) is 3.07. The van der Waals surface area contributed by atoms with Gasteiger partial charge in [-0.05, 0) is 67.3 Å². The van der Waals surface area contributed by atoms with E-state index in [9.17, 15) is 13.2 Å². The summed E-state index contributed by atoms with van der Waals surface area (Å²) in [6.07, 6.45) is 0.714. The number of carbonyl (C=O) groups is 1. The van der Waals surface area contributed by atoms with E-state index in [0.717, 1.165) is 16.9 Å². The molecule has 6 nitrogen and oxygen atoms in total. The Bertz CT molecular complexity index is 1240. The van der Waals surface area contributed by atoms with Gasteiger partial charge in [0.2, 0.25) is 0 Å². The van der Waals surface area contributed by atoms with Crippen molar-refractivity contribution in [3.8, 4) is 5.75 Å². The molecule has 0 radical (unpaired) electrons. The number of amides is 1. The highest BCUT2D eigenvalue weighted by Crippen LogP contribution is 2.27. The summed E-state index contributed by atoms with van der Waals surface area (Å²) in [5.41, 5.74) is 2.56. The summed E-state index contributed by atoms with van der Waals surface area (Å²) in [5.74, 6) is 0.671. The summed E-state index contributed by atoms with van der Waals surface area (Å²) in [6.45, 7) is 6.06. The number of methoxy groups -OCH3 is 1. The summed E-state index contributed by atoms with van der Waals surface area (Å²) in [7, 11) is -2.40. The van der Waals surface area contributed by atoms with Crippen LogP contribution in [0.4, 0.5) is 5.69 Å². The van der Waals surface area contributed by atoms with Crippen molar-refractivity contribution >= 4 is 33.2 Å². The Balaban J connectivity index is 1.86. The van der Waals surface area contributed by atoms with E-state index in [2.05, 4.69) is 23.9 Å². The number of carbonyl (C=O) groups excluding carboxylic acids is 1. The third-order valence-electron chi connectivity index (χ3n) is 5.32. The highest BCUT2D eigenvalue weighted by molar-refractivity contribution is 7.92. The summed E-state index contributed by atoms with van der Waals surface area (Å²) in [6, 6.07) is 18.4. The highest BCUT2D eigenvalue weighted by atomic mass is 35.5. The normalized spacial score (nSPS) is 12.3. The van der Waals surface area contributed by atoms with E-state index >= 15 is 0 Å². The van der Waals surface area contributed by atoms with Gasteiger partial charge in [0.25, 0.3) is 15.9 Å². The molecule has 180 valence electrons. The monoisotopic (exact) mass is 500 g/mol. The summed E-state index contributed by atoms with van der Waals surface area (Å²) < 4.78 is 33.7. The predicted octanol–water partition coefficient (Wildman–Crippen LogP) is 5.98. The van der Waals surface area contributed by atoms with Crippen LogP contribution in [0.25, 0.3) is 0 Å². The van der Waals surface area contributed by atoms with Crippen molar-refractivity contribution in [1.82, 2.24) is 5.32 Å². The van der Waals surface area contributed by atoms with Crippen LogP contribution >= 0.6 is 11.6 Å². The zero-order chi connectivity index (χ0) is 24.9. The van der Waals surface area contributed by atoms with E-state index in [0.29, 0.717) is 18.0 Å². The van der Waals surface area contributed by atoms with Gasteiger partial charge in [0.1, 0.15) is 10.6 Å². The van der Waals surface area contributed by atoms with Gasteiger partial charge in [-0.25, -0.2) is 8.42 Å². The number of rotatable bonds is 9. The first kappa shape index (κ1) is 25.6. The number of aryl methyl sites for hydroxylation is 1. The molecule has 1 atom stereocenters. The third-order valence-corrected chi connectivity index (χ3v) is 7.18. The SMILES string of the molecule is COc1ccc(C(CC(C)C)NC(=O)c2ccc(Cl)c(S(=O)(=O)Nc3ccc(C)cc3)c2)cc1. The zero-order valence-electron chi connectivity index (χ0n) is 19.6. The molecular weight excluding hydrogens is 472 g/mol. The van der Waals surface area contributed by atoms with E-state index in [1.807, 2.05) is 31.2 Å². The van der Waals surface area contributed by atoms with Crippen LogP contribution < -0.4 is 14.8 Å². The van der Waals surface area contributed by atoms with Crippen LogP contribution in [0.1, 0.15) is 47.8 Å². The lowest BCUT2D eigenvalue weighted by Gasteiger charge is -2.22. The lowest BCUT2D eigenvalue weighted by molar-refractivity contribution is 0.0931. The molecule has 0 bridgehead atoms. The van der Waals surface area contributed by atoms with E-state index < -0.39 is 10.0 Å². The third kappa shape index (κ3) is 6.52. The number of halogens is 1. The fourth-order valence-corrected chi connectivity index (χ4v) is 5.10. The fourth-order valence-electron chi connectivity index (χ4n) is 3.51. The molecule has 0 spiro atoms.